The van der Waals surface area contributed by atoms with Crippen molar-refractivity contribution in [1.82, 2.24) is 19.1 Å². The molecule has 0 aromatic carbocycles. The van der Waals surface area contributed by atoms with Crippen LogP contribution in [0.1, 0.15) is 18.5 Å². The normalized spacial score (nSPS) is 12.0. The van der Waals surface area contributed by atoms with E-state index in [9.17, 15) is 9.59 Å². The summed E-state index contributed by atoms with van der Waals surface area (Å²) >= 11 is 0. The van der Waals surface area contributed by atoms with Crippen molar-refractivity contribution < 1.29 is 0 Å². The number of nitrogens with zero attached hydrogens (tertiary/aromatic N) is 4. The first kappa shape index (κ1) is 11.9. The van der Waals surface area contributed by atoms with Gasteiger partial charge in [-0.15, -0.1) is 0 Å². The van der Waals surface area contributed by atoms with E-state index in [4.69, 9.17) is 5.26 Å². The van der Waals surface area contributed by atoms with Crippen LogP contribution in [0, 0.1) is 11.3 Å². The van der Waals surface area contributed by atoms with Crippen LogP contribution in [0.4, 0.5) is 0 Å². The van der Waals surface area contributed by atoms with Crippen molar-refractivity contribution in [3.8, 4) is 6.07 Å². The molecule has 2 aromatic heterocycles. The van der Waals surface area contributed by atoms with Crippen LogP contribution < -0.4 is 11.2 Å². The van der Waals surface area contributed by atoms with Crippen molar-refractivity contribution in [2.24, 2.45) is 0 Å². The molecule has 1 N–H and O–H groups in total. The molecule has 18 heavy (non-hydrogen) atoms. The maximum Gasteiger partial charge on any atom is 0.328 e. The standard InChI is InChI=1S/C11H11N5O2/c1-8(5-15-3-2-13-7-15)16-6-9(4-12)10(17)14-11(16)18/h2-3,6-8H,5H2,1H3,(H,14,17,18). The molecule has 1 unspecified atom stereocenters. The number of aromatic amines is 1. The lowest BCUT2D eigenvalue weighted by atomic mass is 10.3. The van der Waals surface area contributed by atoms with Crippen LogP contribution in [0.15, 0.2) is 34.5 Å². The smallest absolute Gasteiger partial charge is 0.328 e. The third-order valence-electron chi connectivity index (χ3n) is 2.60. The van der Waals surface area contributed by atoms with E-state index in [-0.39, 0.29) is 11.6 Å². The lowest BCUT2D eigenvalue weighted by molar-refractivity contribution is 0.444. The van der Waals surface area contributed by atoms with Gasteiger partial charge in [-0.1, -0.05) is 0 Å². The molecular formula is C11H11N5O2. The quantitative estimate of drug-likeness (QED) is 0.814. The van der Waals surface area contributed by atoms with E-state index in [1.165, 1.54) is 10.8 Å². The summed E-state index contributed by atoms with van der Waals surface area (Å²) < 4.78 is 3.15. The fourth-order valence-electron chi connectivity index (χ4n) is 1.68. The molecule has 0 saturated heterocycles. The van der Waals surface area contributed by atoms with Crippen molar-refractivity contribution >= 4 is 0 Å². The topological polar surface area (TPSA) is 96.5 Å². The molecule has 92 valence electrons. The van der Waals surface area contributed by atoms with Gasteiger partial charge < -0.3 is 4.57 Å². The Labute approximate surface area is 102 Å². The van der Waals surface area contributed by atoms with E-state index >= 15 is 0 Å². The second kappa shape index (κ2) is 4.71. The first-order chi connectivity index (χ1) is 8.61. The minimum Gasteiger partial charge on any atom is -0.335 e. The highest BCUT2D eigenvalue weighted by Crippen LogP contribution is 2.05. The molecular weight excluding hydrogens is 234 g/mol. The molecule has 0 bridgehead atoms. The lowest BCUT2D eigenvalue weighted by Crippen LogP contribution is -2.33. The molecule has 1 atom stereocenters. The fourth-order valence-corrected chi connectivity index (χ4v) is 1.68. The average molecular weight is 245 g/mol. The van der Waals surface area contributed by atoms with Gasteiger partial charge in [-0.2, -0.15) is 5.26 Å². The van der Waals surface area contributed by atoms with E-state index in [2.05, 4.69) is 9.97 Å². The highest BCUT2D eigenvalue weighted by atomic mass is 16.2. The molecule has 0 aliphatic heterocycles. The van der Waals surface area contributed by atoms with E-state index in [0.717, 1.165) is 0 Å². The summed E-state index contributed by atoms with van der Waals surface area (Å²) in [7, 11) is 0. The zero-order valence-corrected chi connectivity index (χ0v) is 9.70. The van der Waals surface area contributed by atoms with Gasteiger partial charge in [0.2, 0.25) is 0 Å². The third-order valence-corrected chi connectivity index (χ3v) is 2.60. The summed E-state index contributed by atoms with van der Waals surface area (Å²) in [5, 5.41) is 8.77. The fraction of sp³-hybridized carbons (Fsp3) is 0.273. The number of H-pyrrole nitrogens is 1. The zero-order valence-electron chi connectivity index (χ0n) is 9.70. The lowest BCUT2D eigenvalue weighted by Gasteiger charge is -2.14. The number of imidazole rings is 1. The second-order valence-electron chi connectivity index (χ2n) is 3.93. The number of nitrogens with one attached hydrogen (secondary N) is 1. The van der Waals surface area contributed by atoms with Gasteiger partial charge in [0.05, 0.1) is 12.4 Å². The summed E-state index contributed by atoms with van der Waals surface area (Å²) in [6.45, 7) is 2.34. The molecule has 0 aliphatic carbocycles. The number of aromatic nitrogens is 4. The molecule has 7 nitrogen and oxygen atoms in total. The van der Waals surface area contributed by atoms with Crippen molar-refractivity contribution in [3.63, 3.8) is 0 Å². The summed E-state index contributed by atoms with van der Waals surface area (Å²) in [4.78, 5) is 28.9. The first-order valence-corrected chi connectivity index (χ1v) is 5.33. The monoisotopic (exact) mass is 245 g/mol. The van der Waals surface area contributed by atoms with Gasteiger partial charge in [0.25, 0.3) is 5.56 Å². The maximum absolute atomic E-state index is 11.7. The Morgan fingerprint density at radius 3 is 2.94 bits per heavy atom. The van der Waals surface area contributed by atoms with Crippen LogP contribution >= 0.6 is 0 Å². The van der Waals surface area contributed by atoms with E-state index in [0.29, 0.717) is 6.54 Å². The molecule has 0 saturated carbocycles. The van der Waals surface area contributed by atoms with Gasteiger partial charge in [-0.3, -0.25) is 14.3 Å². The minimum absolute atomic E-state index is 0.0768. The Kier molecular flexibility index (Phi) is 3.10. The van der Waals surface area contributed by atoms with E-state index in [1.54, 1.807) is 24.8 Å². The van der Waals surface area contributed by atoms with Crippen molar-refractivity contribution in [3.05, 3.63) is 51.3 Å². The molecule has 2 rings (SSSR count). The summed E-state index contributed by atoms with van der Waals surface area (Å²) in [5.74, 6) is 0. The third kappa shape index (κ3) is 2.22. The van der Waals surface area contributed by atoms with Crippen molar-refractivity contribution in [1.29, 1.82) is 5.26 Å². The molecule has 0 fully saturated rings. The van der Waals surface area contributed by atoms with Crippen molar-refractivity contribution in [2.75, 3.05) is 0 Å². The molecule has 0 radical (unpaired) electrons. The number of hydrogen-bond acceptors (Lipinski definition) is 4. The Hall–Kier alpha value is -2.62. The SMILES string of the molecule is CC(Cn1ccnc1)n1cc(C#N)c(=O)[nH]c1=O. The van der Waals surface area contributed by atoms with Gasteiger partial charge in [0, 0.05) is 25.1 Å². The summed E-state index contributed by atoms with van der Waals surface area (Å²) in [6, 6.07) is 1.56. The van der Waals surface area contributed by atoms with Crippen LogP contribution in [0.25, 0.3) is 0 Å². The van der Waals surface area contributed by atoms with Crippen LogP contribution in [0.5, 0.6) is 0 Å². The second-order valence-corrected chi connectivity index (χ2v) is 3.93. The minimum atomic E-state index is -0.659. The summed E-state index contributed by atoms with van der Waals surface area (Å²) in [5.41, 5.74) is -1.26. The molecule has 0 amide bonds. The van der Waals surface area contributed by atoms with Gasteiger partial charge >= 0.3 is 5.69 Å². The van der Waals surface area contributed by atoms with E-state index < -0.39 is 11.2 Å². The van der Waals surface area contributed by atoms with Gasteiger partial charge in [0.15, 0.2) is 0 Å². The Bertz CT molecular complexity index is 689. The van der Waals surface area contributed by atoms with Crippen molar-refractivity contribution in [2.45, 2.75) is 19.5 Å². The van der Waals surface area contributed by atoms with Gasteiger partial charge in [-0.05, 0) is 6.92 Å². The highest BCUT2D eigenvalue weighted by molar-refractivity contribution is 5.21. The molecule has 2 aromatic rings. The van der Waals surface area contributed by atoms with Crippen LogP contribution in [-0.4, -0.2) is 19.1 Å². The largest absolute Gasteiger partial charge is 0.335 e. The average Bonchev–Trinajstić information content (AvgIpc) is 2.81. The molecule has 0 spiro atoms. The zero-order chi connectivity index (χ0) is 13.1. The number of nitriles is 1. The predicted octanol–water partition coefficient (Wildman–Crippen LogP) is -0.134. The maximum atomic E-state index is 11.7. The number of hydrogen-bond donors (Lipinski definition) is 1. The van der Waals surface area contributed by atoms with E-state index in [1.807, 2.05) is 11.5 Å². The highest BCUT2D eigenvalue weighted by Gasteiger charge is 2.10. The number of rotatable bonds is 3. The van der Waals surface area contributed by atoms with Crippen LogP contribution in [-0.2, 0) is 6.54 Å². The first-order valence-electron chi connectivity index (χ1n) is 5.33. The molecule has 7 heteroatoms. The van der Waals surface area contributed by atoms with Crippen LogP contribution in [0.2, 0.25) is 0 Å². The Morgan fingerprint density at radius 2 is 2.33 bits per heavy atom. The summed E-state index contributed by atoms with van der Waals surface area (Å²) in [6.07, 6.45) is 6.34. The van der Waals surface area contributed by atoms with Gasteiger partial charge in [-0.25, -0.2) is 9.78 Å². The Morgan fingerprint density at radius 1 is 1.56 bits per heavy atom. The predicted molar refractivity (Wildman–Crippen MR) is 63.0 cm³/mol. The molecule has 0 aliphatic rings. The Balaban J connectivity index is 2.36. The molecule has 2 heterocycles. The van der Waals surface area contributed by atoms with Gasteiger partial charge in [0.1, 0.15) is 11.6 Å². The van der Waals surface area contributed by atoms with Crippen LogP contribution in [0.3, 0.4) is 0 Å².